The number of hydrogen-bond acceptors (Lipinski definition) is 4. The molecule has 110 valence electrons. The highest BCUT2D eigenvalue weighted by Crippen LogP contribution is 2.18. The van der Waals surface area contributed by atoms with Crippen LogP contribution in [0.1, 0.15) is 38.8 Å². The maximum atomic E-state index is 12.5. The molecular weight excluding hydrogens is 258 g/mol. The van der Waals surface area contributed by atoms with Crippen LogP contribution in [0.15, 0.2) is 6.20 Å². The summed E-state index contributed by atoms with van der Waals surface area (Å²) in [5.74, 6) is -0.0987. The molecule has 0 bridgehead atoms. The van der Waals surface area contributed by atoms with E-state index in [2.05, 4.69) is 15.6 Å². The van der Waals surface area contributed by atoms with Gasteiger partial charge in [-0.05, 0) is 12.8 Å². The number of rotatable bonds is 5. The van der Waals surface area contributed by atoms with Crippen LogP contribution in [-0.2, 0) is 23.2 Å². The van der Waals surface area contributed by atoms with Gasteiger partial charge in [-0.3, -0.25) is 14.3 Å². The molecule has 2 heterocycles. The van der Waals surface area contributed by atoms with Gasteiger partial charge in [0.1, 0.15) is 17.8 Å². The highest BCUT2D eigenvalue weighted by Gasteiger charge is 2.39. The largest absolute Gasteiger partial charge is 0.343 e. The molecule has 1 aliphatic rings. The summed E-state index contributed by atoms with van der Waals surface area (Å²) in [6.07, 6.45) is 3.88. The van der Waals surface area contributed by atoms with Crippen molar-refractivity contribution in [2.45, 2.75) is 51.7 Å². The predicted molar refractivity (Wildman–Crippen MR) is 72.5 cm³/mol. The summed E-state index contributed by atoms with van der Waals surface area (Å²) < 4.78 is 1.59. The lowest BCUT2D eigenvalue weighted by Gasteiger charge is -2.38. The second-order valence-corrected chi connectivity index (χ2v) is 5.12. The van der Waals surface area contributed by atoms with Crippen molar-refractivity contribution in [3.05, 3.63) is 11.9 Å². The Labute approximate surface area is 118 Å². The lowest BCUT2D eigenvalue weighted by Crippen LogP contribution is -2.62. The van der Waals surface area contributed by atoms with Crippen LogP contribution in [0, 0.1) is 0 Å². The highest BCUT2D eigenvalue weighted by molar-refractivity contribution is 5.96. The van der Waals surface area contributed by atoms with Gasteiger partial charge < -0.3 is 10.2 Å². The molecule has 1 fully saturated rings. The van der Waals surface area contributed by atoms with E-state index in [1.807, 2.05) is 13.8 Å². The number of aryl methyl sites for hydroxylation is 1. The second kappa shape index (κ2) is 6.02. The van der Waals surface area contributed by atoms with Crippen molar-refractivity contribution in [3.8, 4) is 0 Å². The Balaban J connectivity index is 2.19. The summed E-state index contributed by atoms with van der Waals surface area (Å²) >= 11 is 0. The van der Waals surface area contributed by atoms with Crippen LogP contribution in [0.4, 0.5) is 0 Å². The highest BCUT2D eigenvalue weighted by atomic mass is 16.2. The van der Waals surface area contributed by atoms with E-state index in [9.17, 15) is 9.59 Å². The van der Waals surface area contributed by atoms with Gasteiger partial charge in [-0.25, -0.2) is 0 Å². The smallest absolute Gasteiger partial charge is 0.246 e. The molecule has 2 atom stereocenters. The van der Waals surface area contributed by atoms with Crippen LogP contribution in [0.25, 0.3) is 0 Å². The van der Waals surface area contributed by atoms with E-state index in [0.717, 1.165) is 6.42 Å². The molecule has 0 saturated carbocycles. The average molecular weight is 279 g/mol. The van der Waals surface area contributed by atoms with Crippen molar-refractivity contribution in [2.75, 3.05) is 0 Å². The maximum absolute atomic E-state index is 12.5. The van der Waals surface area contributed by atoms with Gasteiger partial charge in [-0.1, -0.05) is 25.5 Å². The third kappa shape index (κ3) is 2.81. The van der Waals surface area contributed by atoms with Crippen molar-refractivity contribution >= 4 is 11.8 Å². The fourth-order valence-electron chi connectivity index (χ4n) is 2.55. The van der Waals surface area contributed by atoms with Gasteiger partial charge >= 0.3 is 0 Å². The zero-order chi connectivity index (χ0) is 14.7. The summed E-state index contributed by atoms with van der Waals surface area (Å²) in [5, 5.41) is 10.7. The van der Waals surface area contributed by atoms with E-state index < -0.39 is 12.1 Å². The van der Waals surface area contributed by atoms with Gasteiger partial charge in [0, 0.05) is 13.2 Å². The first kappa shape index (κ1) is 14.5. The van der Waals surface area contributed by atoms with Crippen molar-refractivity contribution in [1.29, 1.82) is 0 Å². The molecule has 0 aliphatic carbocycles. The van der Waals surface area contributed by atoms with Crippen LogP contribution < -0.4 is 5.32 Å². The van der Waals surface area contributed by atoms with E-state index >= 15 is 0 Å². The lowest BCUT2D eigenvalue weighted by atomic mass is 10.0. The van der Waals surface area contributed by atoms with Crippen LogP contribution in [0.2, 0.25) is 0 Å². The van der Waals surface area contributed by atoms with Crippen LogP contribution >= 0.6 is 0 Å². The fraction of sp³-hybridized carbons (Fsp3) is 0.692. The van der Waals surface area contributed by atoms with E-state index in [4.69, 9.17) is 0 Å². The standard InChI is InChI=1S/C13H21N5O2/c1-4-6-10-13(20)18(11(5-2)12(19)14-10)8-9-7-17(3)16-15-9/h7,10-11H,4-6,8H2,1-3H3,(H,14,19). The quantitative estimate of drug-likeness (QED) is 0.836. The third-order valence-corrected chi connectivity index (χ3v) is 3.52. The zero-order valence-electron chi connectivity index (χ0n) is 12.2. The van der Waals surface area contributed by atoms with Gasteiger partial charge in [-0.2, -0.15) is 0 Å². The Morgan fingerprint density at radius 2 is 2.10 bits per heavy atom. The number of amides is 2. The summed E-state index contributed by atoms with van der Waals surface area (Å²) in [6, 6.07) is -0.829. The molecule has 0 aromatic carbocycles. The summed E-state index contributed by atoms with van der Waals surface area (Å²) in [6.45, 7) is 4.23. The van der Waals surface area contributed by atoms with E-state index in [0.29, 0.717) is 25.1 Å². The number of hydrogen-bond donors (Lipinski definition) is 1. The molecule has 20 heavy (non-hydrogen) atoms. The number of carbonyl (C=O) groups is 2. The first-order valence-electron chi connectivity index (χ1n) is 7.02. The van der Waals surface area contributed by atoms with Crippen molar-refractivity contribution < 1.29 is 9.59 Å². The molecular formula is C13H21N5O2. The number of nitrogens with one attached hydrogen (secondary N) is 1. The molecule has 7 nitrogen and oxygen atoms in total. The number of piperazine rings is 1. The van der Waals surface area contributed by atoms with Gasteiger partial charge in [0.05, 0.1) is 6.54 Å². The molecule has 0 spiro atoms. The topological polar surface area (TPSA) is 80.1 Å². The monoisotopic (exact) mass is 279 g/mol. The molecule has 1 aromatic rings. The molecule has 1 aliphatic heterocycles. The molecule has 2 unspecified atom stereocenters. The molecule has 1 saturated heterocycles. The molecule has 7 heteroatoms. The average Bonchev–Trinajstić information content (AvgIpc) is 2.81. The van der Waals surface area contributed by atoms with Crippen molar-refractivity contribution in [1.82, 2.24) is 25.2 Å². The van der Waals surface area contributed by atoms with Gasteiger partial charge in [0.25, 0.3) is 0 Å². The van der Waals surface area contributed by atoms with Crippen LogP contribution in [0.5, 0.6) is 0 Å². The van der Waals surface area contributed by atoms with E-state index in [-0.39, 0.29) is 11.8 Å². The molecule has 2 amide bonds. The lowest BCUT2D eigenvalue weighted by molar-refractivity contribution is -0.150. The van der Waals surface area contributed by atoms with Crippen molar-refractivity contribution in [3.63, 3.8) is 0 Å². The molecule has 0 radical (unpaired) electrons. The molecule has 1 aromatic heterocycles. The number of nitrogens with zero attached hydrogens (tertiary/aromatic N) is 4. The minimum absolute atomic E-state index is 0.0241. The Morgan fingerprint density at radius 3 is 2.65 bits per heavy atom. The minimum Gasteiger partial charge on any atom is -0.343 e. The summed E-state index contributed by atoms with van der Waals surface area (Å²) in [7, 11) is 1.78. The zero-order valence-corrected chi connectivity index (χ0v) is 12.2. The Hall–Kier alpha value is -1.92. The second-order valence-electron chi connectivity index (χ2n) is 5.12. The fourth-order valence-corrected chi connectivity index (χ4v) is 2.55. The number of aromatic nitrogens is 3. The van der Waals surface area contributed by atoms with E-state index in [1.54, 1.807) is 22.8 Å². The van der Waals surface area contributed by atoms with Crippen molar-refractivity contribution in [2.24, 2.45) is 7.05 Å². The third-order valence-electron chi connectivity index (χ3n) is 3.52. The van der Waals surface area contributed by atoms with Gasteiger partial charge in [0.15, 0.2) is 0 Å². The van der Waals surface area contributed by atoms with Crippen LogP contribution in [0.3, 0.4) is 0 Å². The van der Waals surface area contributed by atoms with Gasteiger partial charge in [-0.15, -0.1) is 5.10 Å². The summed E-state index contributed by atoms with van der Waals surface area (Å²) in [5.41, 5.74) is 0.698. The first-order valence-corrected chi connectivity index (χ1v) is 7.02. The maximum Gasteiger partial charge on any atom is 0.246 e. The summed E-state index contributed by atoms with van der Waals surface area (Å²) in [4.78, 5) is 26.2. The Morgan fingerprint density at radius 1 is 1.35 bits per heavy atom. The Bertz CT molecular complexity index is 499. The first-order chi connectivity index (χ1) is 9.56. The van der Waals surface area contributed by atoms with Gasteiger partial charge in [0.2, 0.25) is 11.8 Å². The minimum atomic E-state index is -0.419. The Kier molecular flexibility index (Phi) is 4.36. The van der Waals surface area contributed by atoms with Crippen LogP contribution in [-0.4, -0.2) is 43.8 Å². The normalized spacial score (nSPS) is 23.1. The SMILES string of the molecule is CCCC1NC(=O)C(CC)N(Cc2cn(C)nn2)C1=O. The molecule has 2 rings (SSSR count). The molecule has 1 N–H and O–H groups in total. The predicted octanol–water partition coefficient (Wildman–Crippen LogP) is 0.221. The number of carbonyl (C=O) groups excluding carboxylic acids is 2. The van der Waals surface area contributed by atoms with E-state index in [1.165, 1.54) is 0 Å².